The maximum absolute atomic E-state index is 13.1. The van der Waals surface area contributed by atoms with E-state index < -0.39 is 0 Å². The topological polar surface area (TPSA) is 47.6 Å². The molecule has 3 rings (SSSR count). The lowest BCUT2D eigenvalue weighted by Crippen LogP contribution is -2.37. The summed E-state index contributed by atoms with van der Waals surface area (Å²) in [6, 6.07) is 13.6. The third-order valence-electron chi connectivity index (χ3n) is 3.40. The summed E-state index contributed by atoms with van der Waals surface area (Å²) in [4.78, 5) is 11.7. The van der Waals surface area contributed by atoms with Crippen LogP contribution in [-0.4, -0.2) is 25.2 Å². The molecule has 4 nitrogen and oxygen atoms in total. The van der Waals surface area contributed by atoms with Gasteiger partial charge in [-0.25, -0.2) is 4.39 Å². The Morgan fingerprint density at radius 1 is 1.27 bits per heavy atom. The van der Waals surface area contributed by atoms with E-state index in [1.54, 1.807) is 18.2 Å². The van der Waals surface area contributed by atoms with E-state index in [0.29, 0.717) is 24.5 Å². The van der Waals surface area contributed by atoms with E-state index >= 15 is 0 Å². The van der Waals surface area contributed by atoms with Crippen LogP contribution in [-0.2, 0) is 11.2 Å². The van der Waals surface area contributed by atoms with Crippen LogP contribution in [0.1, 0.15) is 5.56 Å². The van der Waals surface area contributed by atoms with Crippen LogP contribution in [0.3, 0.4) is 0 Å². The first-order valence-corrected chi connectivity index (χ1v) is 7.10. The number of hydrogen-bond acceptors (Lipinski definition) is 3. The number of carbonyl (C=O) groups is 1. The van der Waals surface area contributed by atoms with Crippen LogP contribution in [0, 0.1) is 5.82 Å². The number of ether oxygens (including phenoxy) is 2. The highest BCUT2D eigenvalue weighted by atomic mass is 19.1. The van der Waals surface area contributed by atoms with Crippen molar-refractivity contribution in [1.29, 1.82) is 0 Å². The number of hydrogen-bond donors (Lipinski definition) is 1. The van der Waals surface area contributed by atoms with Gasteiger partial charge in [0.05, 0.1) is 6.54 Å². The molecule has 2 aromatic rings. The monoisotopic (exact) mass is 301 g/mol. The largest absolute Gasteiger partial charge is 0.488 e. The molecule has 22 heavy (non-hydrogen) atoms. The van der Waals surface area contributed by atoms with Crippen LogP contribution in [0.15, 0.2) is 48.5 Å². The summed E-state index contributed by atoms with van der Waals surface area (Å²) in [6.07, 6.45) is 0.421. The van der Waals surface area contributed by atoms with Crippen LogP contribution in [0.2, 0.25) is 0 Å². The third kappa shape index (κ3) is 3.55. The van der Waals surface area contributed by atoms with E-state index in [4.69, 9.17) is 9.47 Å². The second-order valence-electron chi connectivity index (χ2n) is 5.10. The van der Waals surface area contributed by atoms with E-state index in [1.807, 2.05) is 18.2 Å². The fraction of sp³-hybridized carbons (Fsp3) is 0.235. The minimum absolute atomic E-state index is 0.0433. The first-order valence-electron chi connectivity index (χ1n) is 7.10. The Morgan fingerprint density at radius 2 is 2.09 bits per heavy atom. The van der Waals surface area contributed by atoms with Gasteiger partial charge in [0.15, 0.2) is 6.61 Å². The zero-order chi connectivity index (χ0) is 15.4. The number of benzene rings is 2. The molecule has 1 atom stereocenters. The molecule has 5 heteroatoms. The maximum Gasteiger partial charge on any atom is 0.258 e. The Balaban J connectivity index is 1.43. The predicted molar refractivity (Wildman–Crippen MR) is 79.5 cm³/mol. The average Bonchev–Trinajstić information content (AvgIpc) is 2.94. The summed E-state index contributed by atoms with van der Waals surface area (Å²) in [5, 5.41) is 2.76. The van der Waals surface area contributed by atoms with Gasteiger partial charge in [-0.05, 0) is 30.3 Å². The molecular weight excluding hydrogens is 285 g/mol. The Morgan fingerprint density at radius 3 is 2.91 bits per heavy atom. The molecule has 0 radical (unpaired) electrons. The molecule has 1 heterocycles. The van der Waals surface area contributed by atoms with Crippen molar-refractivity contribution in [2.75, 3.05) is 13.2 Å². The molecule has 1 amide bonds. The molecule has 0 saturated carbocycles. The standard InChI is InChI=1S/C17H16FNO3/c18-13-6-7-16-12(8-13)9-15(22-16)10-19-17(20)11-21-14-4-2-1-3-5-14/h1-8,15H,9-11H2,(H,19,20). The molecule has 0 aliphatic carbocycles. The number of amides is 1. The average molecular weight is 301 g/mol. The number of carbonyl (C=O) groups excluding carboxylic acids is 1. The van der Waals surface area contributed by atoms with Gasteiger partial charge in [0.2, 0.25) is 0 Å². The van der Waals surface area contributed by atoms with Crippen LogP contribution in [0.4, 0.5) is 4.39 Å². The van der Waals surface area contributed by atoms with Gasteiger partial charge in [-0.2, -0.15) is 0 Å². The summed E-state index contributed by atoms with van der Waals surface area (Å²) in [5.74, 6) is 0.844. The highest BCUT2D eigenvalue weighted by Gasteiger charge is 2.23. The molecule has 2 aromatic carbocycles. The highest BCUT2D eigenvalue weighted by Crippen LogP contribution is 2.28. The first-order chi connectivity index (χ1) is 10.7. The van der Waals surface area contributed by atoms with Gasteiger partial charge in [0.25, 0.3) is 5.91 Å². The lowest BCUT2D eigenvalue weighted by atomic mass is 10.1. The smallest absolute Gasteiger partial charge is 0.258 e. The highest BCUT2D eigenvalue weighted by molar-refractivity contribution is 5.77. The minimum atomic E-state index is -0.275. The summed E-state index contributed by atoms with van der Waals surface area (Å²) >= 11 is 0. The summed E-state index contributed by atoms with van der Waals surface area (Å²) in [7, 11) is 0. The fourth-order valence-electron chi connectivity index (χ4n) is 2.35. The second kappa shape index (κ2) is 6.47. The molecule has 1 unspecified atom stereocenters. The van der Waals surface area contributed by atoms with E-state index in [1.165, 1.54) is 12.1 Å². The molecule has 1 aliphatic heterocycles. The molecule has 1 aliphatic rings. The van der Waals surface area contributed by atoms with Crippen LogP contribution in [0.25, 0.3) is 0 Å². The molecule has 0 saturated heterocycles. The first kappa shape index (κ1) is 14.4. The lowest BCUT2D eigenvalue weighted by Gasteiger charge is -2.12. The van der Waals surface area contributed by atoms with Crippen molar-refractivity contribution in [3.63, 3.8) is 0 Å². The van der Waals surface area contributed by atoms with Gasteiger partial charge < -0.3 is 14.8 Å². The van der Waals surface area contributed by atoms with Crippen molar-refractivity contribution >= 4 is 5.91 Å². The number of rotatable bonds is 5. The molecular formula is C17H16FNO3. The van der Waals surface area contributed by atoms with E-state index in [-0.39, 0.29) is 24.4 Å². The lowest BCUT2D eigenvalue weighted by molar-refractivity contribution is -0.123. The summed E-state index contributed by atoms with van der Waals surface area (Å²) in [6.45, 7) is 0.325. The Hall–Kier alpha value is -2.56. The maximum atomic E-state index is 13.1. The second-order valence-corrected chi connectivity index (χ2v) is 5.10. The van der Waals surface area contributed by atoms with Crippen molar-refractivity contribution in [3.8, 4) is 11.5 Å². The van der Waals surface area contributed by atoms with Gasteiger partial charge in [0, 0.05) is 12.0 Å². The molecule has 1 N–H and O–H groups in total. The van der Waals surface area contributed by atoms with Gasteiger partial charge in [0.1, 0.15) is 23.4 Å². The zero-order valence-electron chi connectivity index (χ0n) is 11.9. The van der Waals surface area contributed by atoms with Gasteiger partial charge in [-0.3, -0.25) is 4.79 Å². The van der Waals surface area contributed by atoms with Crippen molar-refractivity contribution in [2.45, 2.75) is 12.5 Å². The van der Waals surface area contributed by atoms with Gasteiger partial charge in [-0.1, -0.05) is 18.2 Å². The fourth-order valence-corrected chi connectivity index (χ4v) is 2.35. The Kier molecular flexibility index (Phi) is 4.23. The number of fused-ring (bicyclic) bond motifs is 1. The van der Waals surface area contributed by atoms with Crippen molar-refractivity contribution in [3.05, 3.63) is 59.9 Å². The Labute approximate surface area is 127 Å². The van der Waals surface area contributed by atoms with Crippen molar-refractivity contribution < 1.29 is 18.7 Å². The summed E-state index contributed by atoms with van der Waals surface area (Å²) < 4.78 is 24.1. The van der Waals surface area contributed by atoms with Crippen molar-refractivity contribution in [1.82, 2.24) is 5.32 Å². The molecule has 0 bridgehead atoms. The zero-order valence-corrected chi connectivity index (χ0v) is 11.9. The normalized spacial score (nSPS) is 15.8. The number of para-hydroxylation sites is 1. The Bertz CT molecular complexity index is 660. The predicted octanol–water partition coefficient (Wildman–Crippen LogP) is 2.32. The van der Waals surface area contributed by atoms with Crippen LogP contribution in [0.5, 0.6) is 11.5 Å². The van der Waals surface area contributed by atoms with Crippen LogP contribution < -0.4 is 14.8 Å². The molecule has 0 fully saturated rings. The van der Waals surface area contributed by atoms with E-state index in [9.17, 15) is 9.18 Å². The molecule has 0 aromatic heterocycles. The van der Waals surface area contributed by atoms with E-state index in [0.717, 1.165) is 5.56 Å². The number of nitrogens with one attached hydrogen (secondary N) is 1. The van der Waals surface area contributed by atoms with Gasteiger partial charge >= 0.3 is 0 Å². The molecule has 0 spiro atoms. The molecule has 114 valence electrons. The number of halogens is 1. The third-order valence-corrected chi connectivity index (χ3v) is 3.40. The van der Waals surface area contributed by atoms with E-state index in [2.05, 4.69) is 5.32 Å². The summed E-state index contributed by atoms with van der Waals surface area (Å²) in [5.41, 5.74) is 0.833. The minimum Gasteiger partial charge on any atom is -0.488 e. The van der Waals surface area contributed by atoms with Crippen molar-refractivity contribution in [2.24, 2.45) is 0 Å². The van der Waals surface area contributed by atoms with Crippen LogP contribution >= 0.6 is 0 Å². The SMILES string of the molecule is O=C(COc1ccccc1)NCC1Cc2cc(F)ccc2O1. The quantitative estimate of drug-likeness (QED) is 0.922. The van der Waals surface area contributed by atoms with Gasteiger partial charge in [-0.15, -0.1) is 0 Å².